The molecule has 23 heavy (non-hydrogen) atoms. The number of hydrogen-bond acceptors (Lipinski definition) is 4. The summed E-state index contributed by atoms with van der Waals surface area (Å²) in [4.78, 5) is 0. The van der Waals surface area contributed by atoms with Gasteiger partial charge in [-0.15, -0.1) is 0 Å². The number of halogens is 2. The van der Waals surface area contributed by atoms with Crippen molar-refractivity contribution >= 4 is 10.0 Å². The molecule has 1 N–H and O–H groups in total. The molecule has 0 aliphatic carbocycles. The molecule has 0 amide bonds. The molecule has 0 radical (unpaired) electrons. The number of nitrogens with zero attached hydrogens (tertiary/aromatic N) is 3. The number of sulfonamides is 1. The van der Waals surface area contributed by atoms with Crippen LogP contribution in [0, 0.1) is 11.6 Å². The predicted molar refractivity (Wildman–Crippen MR) is 76.8 cm³/mol. The van der Waals surface area contributed by atoms with Gasteiger partial charge in [-0.3, -0.25) is 4.68 Å². The number of rotatable bonds is 3. The lowest BCUT2D eigenvalue weighted by Gasteiger charge is -2.24. The van der Waals surface area contributed by atoms with Crippen LogP contribution in [0.4, 0.5) is 8.78 Å². The number of benzene rings is 1. The maximum atomic E-state index is 14.0. The Bertz CT molecular complexity index is 838. The molecule has 2 aromatic rings. The predicted octanol–water partition coefficient (Wildman–Crippen LogP) is 1.19. The van der Waals surface area contributed by atoms with E-state index in [0.717, 1.165) is 22.5 Å². The van der Waals surface area contributed by atoms with Crippen LogP contribution < -0.4 is 0 Å². The van der Waals surface area contributed by atoms with Gasteiger partial charge < -0.3 is 5.11 Å². The molecule has 1 saturated heterocycles. The summed E-state index contributed by atoms with van der Waals surface area (Å²) >= 11 is 0. The molecule has 9 heteroatoms. The van der Waals surface area contributed by atoms with E-state index in [0.29, 0.717) is 0 Å². The van der Waals surface area contributed by atoms with Gasteiger partial charge >= 0.3 is 0 Å². The third-order valence-corrected chi connectivity index (χ3v) is 5.85. The summed E-state index contributed by atoms with van der Waals surface area (Å²) in [5.41, 5.74) is -0.0905. The average molecular weight is 343 g/mol. The molecule has 124 valence electrons. The lowest BCUT2D eigenvalue weighted by Crippen LogP contribution is -2.33. The molecule has 2 atom stereocenters. The fraction of sp³-hybridized carbons (Fsp3) is 0.357. The smallest absolute Gasteiger partial charge is 0.260 e. The van der Waals surface area contributed by atoms with Gasteiger partial charge in [0.15, 0.2) is 5.03 Å². The minimum Gasteiger partial charge on any atom is -0.392 e. The van der Waals surface area contributed by atoms with E-state index >= 15 is 0 Å². The van der Waals surface area contributed by atoms with Crippen LogP contribution in [0.2, 0.25) is 0 Å². The molecule has 0 bridgehead atoms. The van der Waals surface area contributed by atoms with Gasteiger partial charge in [0, 0.05) is 19.2 Å². The topological polar surface area (TPSA) is 75.4 Å². The Kier molecular flexibility index (Phi) is 3.95. The summed E-state index contributed by atoms with van der Waals surface area (Å²) in [6, 6.07) is 3.22. The third kappa shape index (κ3) is 2.75. The van der Waals surface area contributed by atoms with Gasteiger partial charge in [0.2, 0.25) is 0 Å². The van der Waals surface area contributed by atoms with Crippen LogP contribution >= 0.6 is 0 Å². The number of hydrogen-bond donors (Lipinski definition) is 1. The summed E-state index contributed by atoms with van der Waals surface area (Å²) in [5.74, 6) is -1.38. The summed E-state index contributed by atoms with van der Waals surface area (Å²) in [6.45, 7) is -0.186. The molecular weight excluding hydrogens is 328 g/mol. The number of aliphatic hydroxyl groups excluding tert-OH is 1. The van der Waals surface area contributed by atoms with Gasteiger partial charge in [-0.05, 0) is 30.7 Å². The van der Waals surface area contributed by atoms with Gasteiger partial charge in [-0.25, -0.2) is 17.2 Å². The molecule has 1 aromatic carbocycles. The Morgan fingerprint density at radius 1 is 1.30 bits per heavy atom. The van der Waals surface area contributed by atoms with Crippen molar-refractivity contribution in [2.45, 2.75) is 23.6 Å². The number of β-amino-alcohol motifs (C(OH)–C–C–N with tert-alkyl or cyclic N) is 1. The second-order valence-corrected chi connectivity index (χ2v) is 7.28. The zero-order valence-electron chi connectivity index (χ0n) is 12.2. The summed E-state index contributed by atoms with van der Waals surface area (Å²) in [6.07, 6.45) is 0.375. The second-order valence-electron chi connectivity index (χ2n) is 5.44. The molecule has 6 nitrogen and oxygen atoms in total. The minimum atomic E-state index is -4.00. The van der Waals surface area contributed by atoms with E-state index in [-0.39, 0.29) is 23.6 Å². The molecule has 1 aliphatic heterocycles. The summed E-state index contributed by atoms with van der Waals surface area (Å²) < 4.78 is 55.2. The van der Waals surface area contributed by atoms with Crippen molar-refractivity contribution in [3.63, 3.8) is 0 Å². The van der Waals surface area contributed by atoms with Crippen molar-refractivity contribution in [1.82, 2.24) is 14.1 Å². The number of aryl methyl sites for hydroxylation is 1. The van der Waals surface area contributed by atoms with Crippen molar-refractivity contribution < 1.29 is 22.3 Å². The number of aromatic nitrogens is 2. The fourth-order valence-electron chi connectivity index (χ4n) is 2.84. The Morgan fingerprint density at radius 2 is 2.04 bits per heavy atom. The van der Waals surface area contributed by atoms with Gasteiger partial charge in [0.1, 0.15) is 11.6 Å². The summed E-state index contributed by atoms with van der Waals surface area (Å²) in [5, 5.41) is 13.6. The van der Waals surface area contributed by atoms with Crippen LogP contribution in [-0.4, -0.2) is 40.3 Å². The first-order valence-corrected chi connectivity index (χ1v) is 8.37. The average Bonchev–Trinajstić information content (AvgIpc) is 3.08. The van der Waals surface area contributed by atoms with Gasteiger partial charge in [0.25, 0.3) is 10.0 Å². The molecule has 0 saturated carbocycles. The Morgan fingerprint density at radius 3 is 2.70 bits per heavy atom. The molecule has 1 fully saturated rings. The van der Waals surface area contributed by atoms with Crippen molar-refractivity contribution in [2.24, 2.45) is 7.05 Å². The SMILES string of the molecule is Cn1nccc1S(=O)(=O)N1C[C@@H](O)C[C@H]1c1cc(F)ccc1F. The first kappa shape index (κ1) is 16.0. The highest BCUT2D eigenvalue weighted by Gasteiger charge is 2.42. The third-order valence-electron chi connectivity index (χ3n) is 3.90. The van der Waals surface area contributed by atoms with Gasteiger partial charge in [-0.1, -0.05) is 0 Å². The molecule has 2 heterocycles. The van der Waals surface area contributed by atoms with Crippen LogP contribution in [0.1, 0.15) is 18.0 Å². The van der Waals surface area contributed by atoms with Crippen molar-refractivity contribution in [3.8, 4) is 0 Å². The van der Waals surface area contributed by atoms with Crippen molar-refractivity contribution in [3.05, 3.63) is 47.7 Å². The Labute approximate surface area is 132 Å². The quantitative estimate of drug-likeness (QED) is 0.909. The highest BCUT2D eigenvalue weighted by atomic mass is 32.2. The van der Waals surface area contributed by atoms with Crippen LogP contribution in [0.15, 0.2) is 35.5 Å². The maximum Gasteiger partial charge on any atom is 0.260 e. The van der Waals surface area contributed by atoms with Crippen LogP contribution in [0.25, 0.3) is 0 Å². The van der Waals surface area contributed by atoms with E-state index in [9.17, 15) is 22.3 Å². The largest absolute Gasteiger partial charge is 0.392 e. The second kappa shape index (κ2) is 5.66. The maximum absolute atomic E-state index is 14.0. The first-order chi connectivity index (χ1) is 10.8. The molecule has 3 rings (SSSR count). The lowest BCUT2D eigenvalue weighted by molar-refractivity contribution is 0.188. The van der Waals surface area contributed by atoms with E-state index in [2.05, 4.69) is 5.10 Å². The fourth-order valence-corrected chi connectivity index (χ4v) is 4.59. The van der Waals surface area contributed by atoms with Crippen LogP contribution in [0.3, 0.4) is 0 Å². The Hall–Kier alpha value is -1.84. The van der Waals surface area contributed by atoms with Crippen molar-refractivity contribution in [2.75, 3.05) is 6.54 Å². The first-order valence-electron chi connectivity index (χ1n) is 6.93. The van der Waals surface area contributed by atoms with Gasteiger partial charge in [0.05, 0.1) is 18.3 Å². The van der Waals surface area contributed by atoms with E-state index in [1.807, 2.05) is 0 Å². The van der Waals surface area contributed by atoms with Crippen molar-refractivity contribution in [1.29, 1.82) is 0 Å². The zero-order chi connectivity index (χ0) is 16.8. The zero-order valence-corrected chi connectivity index (χ0v) is 13.0. The van der Waals surface area contributed by atoms with E-state index in [1.54, 1.807) is 0 Å². The van der Waals surface area contributed by atoms with Crippen LogP contribution in [0.5, 0.6) is 0 Å². The normalized spacial score (nSPS) is 22.6. The molecule has 1 aliphatic rings. The Balaban J connectivity index is 2.07. The molecular formula is C14H15F2N3O3S. The summed E-state index contributed by atoms with van der Waals surface area (Å²) in [7, 11) is -2.53. The number of aliphatic hydroxyl groups is 1. The molecule has 0 spiro atoms. The highest BCUT2D eigenvalue weighted by molar-refractivity contribution is 7.89. The van der Waals surface area contributed by atoms with Crippen LogP contribution in [-0.2, 0) is 17.1 Å². The highest BCUT2D eigenvalue weighted by Crippen LogP contribution is 2.37. The van der Waals surface area contributed by atoms with E-state index in [1.165, 1.54) is 24.0 Å². The van der Waals surface area contributed by atoms with E-state index < -0.39 is 33.8 Å². The molecule has 1 aromatic heterocycles. The monoisotopic (exact) mass is 343 g/mol. The molecule has 0 unspecified atom stereocenters. The lowest BCUT2D eigenvalue weighted by atomic mass is 10.0. The minimum absolute atomic E-state index is 0.00253. The van der Waals surface area contributed by atoms with E-state index in [4.69, 9.17) is 0 Å². The van der Waals surface area contributed by atoms with Gasteiger partial charge in [-0.2, -0.15) is 9.40 Å². The standard InChI is InChI=1S/C14H15F2N3O3S/c1-18-14(4-5-17-18)23(21,22)19-8-10(20)7-13(19)11-6-9(15)2-3-12(11)16/h2-6,10,13,20H,7-8H2,1H3/t10-,13-/m0/s1.